The van der Waals surface area contributed by atoms with E-state index in [1.54, 1.807) is 0 Å². The number of fused-ring (bicyclic) bond motifs is 6. The van der Waals surface area contributed by atoms with Gasteiger partial charge in [0.2, 0.25) is 0 Å². The molecule has 0 spiro atoms. The molecule has 0 amide bonds. The van der Waals surface area contributed by atoms with Gasteiger partial charge in [0.25, 0.3) is 0 Å². The molecule has 0 bridgehead atoms. The Morgan fingerprint density at radius 1 is 0.196 bits per heavy atom. The molecule has 0 heterocycles. The third-order valence-electron chi connectivity index (χ3n) is 9.98. The van der Waals surface area contributed by atoms with Gasteiger partial charge in [0, 0.05) is 0 Å². The van der Waals surface area contributed by atoms with Crippen LogP contribution in [-0.4, -0.2) is 0 Å². The molecule has 0 saturated carbocycles. The monoisotopic (exact) mass is 580 g/mol. The Bertz CT molecular complexity index is 2770. The predicted molar refractivity (Wildman–Crippen MR) is 199 cm³/mol. The van der Waals surface area contributed by atoms with Crippen molar-refractivity contribution >= 4 is 64.6 Å². The Labute approximate surface area is 267 Å². The Morgan fingerprint density at radius 3 is 1.15 bits per heavy atom. The first-order valence-corrected chi connectivity index (χ1v) is 16.0. The fraction of sp³-hybridized carbons (Fsp3) is 0. The normalized spacial score (nSPS) is 11.9. The van der Waals surface area contributed by atoms with E-state index in [0.29, 0.717) is 0 Å². The van der Waals surface area contributed by atoms with Crippen LogP contribution in [0, 0.1) is 0 Å². The molecule has 0 nitrogen and oxygen atoms in total. The quantitative estimate of drug-likeness (QED) is 0.144. The van der Waals surface area contributed by atoms with Crippen LogP contribution in [0.15, 0.2) is 170 Å². The van der Waals surface area contributed by atoms with Gasteiger partial charge in [-0.05, 0) is 98.0 Å². The largest absolute Gasteiger partial charge is 0.0622 e. The molecule has 0 atom stereocenters. The maximum absolute atomic E-state index is 2.34. The molecular formula is C46H28. The van der Waals surface area contributed by atoms with Gasteiger partial charge < -0.3 is 0 Å². The number of rotatable bonds is 3. The van der Waals surface area contributed by atoms with Crippen molar-refractivity contribution in [2.24, 2.45) is 0 Å². The van der Waals surface area contributed by atoms with Crippen LogP contribution in [0.4, 0.5) is 0 Å². The molecule has 0 radical (unpaired) electrons. The smallest absolute Gasteiger partial charge is 0.000740 e. The highest BCUT2D eigenvalue weighted by atomic mass is 14.3. The van der Waals surface area contributed by atoms with Crippen molar-refractivity contribution in [1.82, 2.24) is 0 Å². The summed E-state index contributed by atoms with van der Waals surface area (Å²) in [6.45, 7) is 0. The minimum atomic E-state index is 1.23. The van der Waals surface area contributed by atoms with E-state index in [4.69, 9.17) is 0 Å². The van der Waals surface area contributed by atoms with E-state index in [-0.39, 0.29) is 0 Å². The Kier molecular flexibility index (Phi) is 5.38. The third kappa shape index (κ3) is 3.44. The maximum atomic E-state index is 2.34. The van der Waals surface area contributed by atoms with E-state index in [9.17, 15) is 0 Å². The minimum Gasteiger partial charge on any atom is -0.0622 e. The van der Waals surface area contributed by atoms with Gasteiger partial charge in [-0.15, -0.1) is 0 Å². The summed E-state index contributed by atoms with van der Waals surface area (Å²) in [7, 11) is 0. The van der Waals surface area contributed by atoms with Crippen LogP contribution in [0.1, 0.15) is 0 Å². The number of hydrogen-bond donors (Lipinski definition) is 0. The highest BCUT2D eigenvalue weighted by molar-refractivity contribution is 6.45. The van der Waals surface area contributed by atoms with E-state index in [1.165, 1.54) is 98.0 Å². The van der Waals surface area contributed by atoms with Gasteiger partial charge in [0.05, 0.1) is 0 Å². The van der Waals surface area contributed by atoms with Crippen LogP contribution in [-0.2, 0) is 0 Å². The minimum absolute atomic E-state index is 1.23. The van der Waals surface area contributed by atoms with Gasteiger partial charge in [0.1, 0.15) is 0 Å². The Morgan fingerprint density at radius 2 is 0.565 bits per heavy atom. The summed E-state index contributed by atoms with van der Waals surface area (Å²) in [5.41, 5.74) is 7.62. The average Bonchev–Trinajstić information content (AvgIpc) is 3.13. The second-order valence-corrected chi connectivity index (χ2v) is 12.3. The van der Waals surface area contributed by atoms with E-state index < -0.39 is 0 Å². The molecule has 0 saturated heterocycles. The second kappa shape index (κ2) is 9.76. The lowest BCUT2D eigenvalue weighted by Crippen LogP contribution is -1.95. The molecule has 0 aliphatic carbocycles. The standard InChI is InChI=1S/C46H28/c1-3-15-29(16-4-1)31-19-7-8-20-32(31)42-34-22-10-12-24-38(34)46-44-36(26-14-28-40(42)44)35-25-13-27-39-41(30-17-5-2-6-18-30)33-21-9-11-23-37(33)45(46)43(35)39/h1-28H. The fourth-order valence-electron chi connectivity index (χ4n) is 8.20. The van der Waals surface area contributed by atoms with Gasteiger partial charge in [0.15, 0.2) is 0 Å². The molecular weight excluding hydrogens is 553 g/mol. The first kappa shape index (κ1) is 25.4. The van der Waals surface area contributed by atoms with Crippen molar-refractivity contribution in [3.05, 3.63) is 170 Å². The van der Waals surface area contributed by atoms with E-state index in [1.807, 2.05) is 0 Å². The summed E-state index contributed by atoms with van der Waals surface area (Å²) in [4.78, 5) is 0. The Balaban J connectivity index is 1.49. The summed E-state index contributed by atoms with van der Waals surface area (Å²) in [6.07, 6.45) is 0. The lowest BCUT2D eigenvalue weighted by molar-refractivity contribution is 1.61. The molecule has 0 aliphatic rings. The van der Waals surface area contributed by atoms with Crippen LogP contribution in [0.5, 0.6) is 0 Å². The molecule has 0 aromatic heterocycles. The zero-order chi connectivity index (χ0) is 30.2. The van der Waals surface area contributed by atoms with Crippen LogP contribution >= 0.6 is 0 Å². The first-order valence-electron chi connectivity index (χ1n) is 16.0. The summed E-state index contributed by atoms with van der Waals surface area (Å²) < 4.78 is 0. The molecule has 10 rings (SSSR count). The van der Waals surface area contributed by atoms with Crippen LogP contribution < -0.4 is 0 Å². The molecule has 46 heavy (non-hydrogen) atoms. The molecule has 0 aliphatic heterocycles. The Hall–Kier alpha value is -5.98. The zero-order valence-electron chi connectivity index (χ0n) is 25.2. The average molecular weight is 581 g/mol. The molecule has 0 fully saturated rings. The summed E-state index contributed by atoms with van der Waals surface area (Å²) >= 11 is 0. The summed E-state index contributed by atoms with van der Waals surface area (Å²) in [5.74, 6) is 0. The first-order chi connectivity index (χ1) is 22.9. The second-order valence-electron chi connectivity index (χ2n) is 12.3. The van der Waals surface area contributed by atoms with Crippen molar-refractivity contribution in [2.75, 3.05) is 0 Å². The van der Waals surface area contributed by atoms with Crippen molar-refractivity contribution in [1.29, 1.82) is 0 Å². The topological polar surface area (TPSA) is 0 Å². The summed E-state index contributed by atoms with van der Waals surface area (Å²) in [5, 5.41) is 15.8. The van der Waals surface area contributed by atoms with Crippen molar-refractivity contribution in [3.8, 4) is 33.4 Å². The number of benzene rings is 10. The van der Waals surface area contributed by atoms with Crippen LogP contribution in [0.25, 0.3) is 98.0 Å². The van der Waals surface area contributed by atoms with Gasteiger partial charge in [-0.25, -0.2) is 0 Å². The predicted octanol–water partition coefficient (Wildman–Crippen LogP) is 13.0. The fourth-order valence-corrected chi connectivity index (χ4v) is 8.20. The lowest BCUT2D eigenvalue weighted by atomic mass is 9.79. The zero-order valence-corrected chi connectivity index (χ0v) is 25.2. The van der Waals surface area contributed by atoms with Crippen LogP contribution in [0.2, 0.25) is 0 Å². The number of hydrogen-bond acceptors (Lipinski definition) is 0. The molecule has 10 aromatic rings. The van der Waals surface area contributed by atoms with E-state index in [0.717, 1.165) is 0 Å². The highest BCUT2D eigenvalue weighted by Gasteiger charge is 2.23. The SMILES string of the molecule is c1ccc(-c2ccccc2-c2c3ccccc3c3c4c2cccc4c2cccc4c(-c5ccccc5)c5ccccc5c3c42)cc1. The molecule has 0 unspecified atom stereocenters. The van der Waals surface area contributed by atoms with Gasteiger partial charge >= 0.3 is 0 Å². The van der Waals surface area contributed by atoms with Crippen molar-refractivity contribution < 1.29 is 0 Å². The third-order valence-corrected chi connectivity index (χ3v) is 9.98. The summed E-state index contributed by atoms with van der Waals surface area (Å²) in [6, 6.07) is 62.6. The van der Waals surface area contributed by atoms with Crippen molar-refractivity contribution in [2.45, 2.75) is 0 Å². The van der Waals surface area contributed by atoms with Crippen LogP contribution in [0.3, 0.4) is 0 Å². The lowest BCUT2D eigenvalue weighted by Gasteiger charge is -2.23. The van der Waals surface area contributed by atoms with E-state index >= 15 is 0 Å². The highest BCUT2D eigenvalue weighted by Crippen LogP contribution is 2.52. The van der Waals surface area contributed by atoms with Crippen molar-refractivity contribution in [3.63, 3.8) is 0 Å². The van der Waals surface area contributed by atoms with Gasteiger partial charge in [-0.3, -0.25) is 0 Å². The molecule has 0 heteroatoms. The molecule has 0 N–H and O–H groups in total. The van der Waals surface area contributed by atoms with E-state index in [2.05, 4.69) is 170 Å². The van der Waals surface area contributed by atoms with Gasteiger partial charge in [-0.1, -0.05) is 170 Å². The molecule has 212 valence electrons. The van der Waals surface area contributed by atoms with Gasteiger partial charge in [-0.2, -0.15) is 0 Å². The molecule has 10 aromatic carbocycles. The maximum Gasteiger partial charge on any atom is -0.000740 e.